The Labute approximate surface area is 168 Å². The Kier molecular flexibility index (Phi) is 6.36. The fourth-order valence-electron chi connectivity index (χ4n) is 3.01. The first-order chi connectivity index (χ1) is 13.6. The minimum Gasteiger partial charge on any atom is -0.493 e. The Morgan fingerprint density at radius 3 is 2.54 bits per heavy atom. The van der Waals surface area contributed by atoms with Gasteiger partial charge in [-0.05, 0) is 43.7 Å². The predicted molar refractivity (Wildman–Crippen MR) is 111 cm³/mol. The van der Waals surface area contributed by atoms with E-state index in [9.17, 15) is 4.79 Å². The van der Waals surface area contributed by atoms with Crippen LogP contribution in [0.4, 0.5) is 0 Å². The Bertz CT molecular complexity index is 1050. The number of para-hydroxylation sites is 1. The zero-order chi connectivity index (χ0) is 20.1. The van der Waals surface area contributed by atoms with E-state index < -0.39 is 0 Å². The standard InChI is InChI=1S/C21H24N2O4S/c1-5-12-23-19-16(27-6-2)8-7-9-18(19)28-21(23)22-20(24)14-10-11-15(25-3)17(13-14)26-4/h7-11,13H,5-6,12H2,1-4H3. The molecule has 0 N–H and O–H groups in total. The molecule has 0 radical (unpaired) electrons. The zero-order valence-electron chi connectivity index (χ0n) is 16.5. The zero-order valence-corrected chi connectivity index (χ0v) is 17.3. The molecule has 1 aromatic heterocycles. The molecule has 0 aliphatic carbocycles. The van der Waals surface area contributed by atoms with Crippen LogP contribution >= 0.6 is 11.3 Å². The van der Waals surface area contributed by atoms with Gasteiger partial charge in [-0.15, -0.1) is 0 Å². The Morgan fingerprint density at radius 1 is 1.07 bits per heavy atom. The monoisotopic (exact) mass is 400 g/mol. The summed E-state index contributed by atoms with van der Waals surface area (Å²) in [6.07, 6.45) is 0.921. The maximum absolute atomic E-state index is 12.8. The third-order valence-corrected chi connectivity index (χ3v) is 5.28. The largest absolute Gasteiger partial charge is 0.493 e. The molecule has 0 saturated carbocycles. The second-order valence-electron chi connectivity index (χ2n) is 6.06. The number of benzene rings is 2. The van der Waals surface area contributed by atoms with Crippen LogP contribution in [0.2, 0.25) is 0 Å². The molecule has 2 aromatic carbocycles. The van der Waals surface area contributed by atoms with Crippen molar-refractivity contribution in [1.82, 2.24) is 4.57 Å². The SMILES string of the molecule is CCCn1c(=NC(=O)c2ccc(OC)c(OC)c2)sc2cccc(OCC)c21. The summed E-state index contributed by atoms with van der Waals surface area (Å²) in [6, 6.07) is 11.0. The number of carbonyl (C=O) groups excluding carboxylic acids is 1. The number of hydrogen-bond acceptors (Lipinski definition) is 5. The molecule has 0 bridgehead atoms. The number of carbonyl (C=O) groups is 1. The van der Waals surface area contributed by atoms with E-state index in [0.29, 0.717) is 28.5 Å². The number of thiazole rings is 1. The van der Waals surface area contributed by atoms with Crippen molar-refractivity contribution >= 4 is 27.5 Å². The molecule has 0 saturated heterocycles. The Balaban J connectivity index is 2.12. The van der Waals surface area contributed by atoms with Crippen molar-refractivity contribution in [2.24, 2.45) is 4.99 Å². The average Bonchev–Trinajstić information content (AvgIpc) is 3.06. The predicted octanol–water partition coefficient (Wildman–Crippen LogP) is 4.27. The molecule has 6 nitrogen and oxygen atoms in total. The van der Waals surface area contributed by atoms with E-state index in [1.165, 1.54) is 11.3 Å². The van der Waals surface area contributed by atoms with Crippen LogP contribution in [-0.4, -0.2) is 31.3 Å². The molecule has 0 unspecified atom stereocenters. The summed E-state index contributed by atoms with van der Waals surface area (Å²) in [5.74, 6) is 1.56. The van der Waals surface area contributed by atoms with Gasteiger partial charge >= 0.3 is 0 Å². The topological polar surface area (TPSA) is 62.1 Å². The summed E-state index contributed by atoms with van der Waals surface area (Å²) >= 11 is 1.48. The van der Waals surface area contributed by atoms with Crippen molar-refractivity contribution in [1.29, 1.82) is 0 Å². The second kappa shape index (κ2) is 8.93. The van der Waals surface area contributed by atoms with E-state index in [1.807, 2.05) is 25.1 Å². The molecule has 1 amide bonds. The first-order valence-electron chi connectivity index (χ1n) is 9.19. The number of amides is 1. The van der Waals surface area contributed by atoms with Crippen molar-refractivity contribution in [2.75, 3.05) is 20.8 Å². The lowest BCUT2D eigenvalue weighted by Gasteiger charge is -2.09. The fourth-order valence-corrected chi connectivity index (χ4v) is 4.08. The number of nitrogens with zero attached hydrogens (tertiary/aromatic N) is 2. The molecule has 0 aliphatic rings. The van der Waals surface area contributed by atoms with Crippen LogP contribution in [0.5, 0.6) is 17.2 Å². The molecule has 3 aromatic rings. The third kappa shape index (κ3) is 3.89. The van der Waals surface area contributed by atoms with Gasteiger partial charge in [-0.1, -0.05) is 24.3 Å². The number of fused-ring (bicyclic) bond motifs is 1. The van der Waals surface area contributed by atoms with Crippen molar-refractivity contribution in [3.05, 3.63) is 46.8 Å². The molecule has 0 aliphatic heterocycles. The van der Waals surface area contributed by atoms with Crippen LogP contribution in [0.25, 0.3) is 10.2 Å². The van der Waals surface area contributed by atoms with Crippen LogP contribution in [0.15, 0.2) is 41.4 Å². The van der Waals surface area contributed by atoms with Crippen molar-refractivity contribution in [3.8, 4) is 17.2 Å². The second-order valence-corrected chi connectivity index (χ2v) is 7.07. The number of hydrogen-bond donors (Lipinski definition) is 0. The normalized spacial score (nSPS) is 11.6. The summed E-state index contributed by atoms with van der Waals surface area (Å²) in [7, 11) is 3.10. The molecule has 1 heterocycles. The number of aryl methyl sites for hydroxylation is 1. The highest BCUT2D eigenvalue weighted by Gasteiger charge is 2.14. The maximum Gasteiger partial charge on any atom is 0.279 e. The molecular formula is C21H24N2O4S. The van der Waals surface area contributed by atoms with Crippen LogP contribution < -0.4 is 19.0 Å². The molecule has 0 atom stereocenters. The summed E-state index contributed by atoms with van der Waals surface area (Å²) in [5.41, 5.74) is 1.43. The lowest BCUT2D eigenvalue weighted by molar-refractivity contribution is 0.0997. The van der Waals surface area contributed by atoms with Crippen LogP contribution in [0.3, 0.4) is 0 Å². The van der Waals surface area contributed by atoms with E-state index in [2.05, 4.69) is 16.5 Å². The summed E-state index contributed by atoms with van der Waals surface area (Å²) in [6.45, 7) is 5.39. The minimum atomic E-state index is -0.324. The van der Waals surface area contributed by atoms with Gasteiger partial charge < -0.3 is 18.8 Å². The molecule has 3 rings (SSSR count). The van der Waals surface area contributed by atoms with Gasteiger partial charge in [0.25, 0.3) is 5.91 Å². The average molecular weight is 401 g/mol. The molecule has 148 valence electrons. The van der Waals surface area contributed by atoms with Gasteiger partial charge in [-0.25, -0.2) is 0 Å². The lowest BCUT2D eigenvalue weighted by atomic mass is 10.2. The first kappa shape index (κ1) is 19.9. The Hall–Kier alpha value is -2.80. The number of aromatic nitrogens is 1. The van der Waals surface area contributed by atoms with Gasteiger partial charge in [0.05, 0.1) is 25.5 Å². The maximum atomic E-state index is 12.8. The van der Waals surface area contributed by atoms with Crippen LogP contribution in [-0.2, 0) is 6.54 Å². The fraction of sp³-hybridized carbons (Fsp3) is 0.333. The summed E-state index contributed by atoms with van der Waals surface area (Å²) in [5, 5.41) is 0. The van der Waals surface area contributed by atoms with Gasteiger partial charge in [0.2, 0.25) is 0 Å². The number of methoxy groups -OCH3 is 2. The molecule has 28 heavy (non-hydrogen) atoms. The van der Waals surface area contributed by atoms with Gasteiger partial charge in [-0.2, -0.15) is 4.99 Å². The van der Waals surface area contributed by atoms with E-state index in [0.717, 1.165) is 28.9 Å². The van der Waals surface area contributed by atoms with Crippen molar-refractivity contribution < 1.29 is 19.0 Å². The number of ether oxygens (including phenoxy) is 3. The highest BCUT2D eigenvalue weighted by molar-refractivity contribution is 7.16. The highest BCUT2D eigenvalue weighted by Crippen LogP contribution is 2.29. The third-order valence-electron chi connectivity index (χ3n) is 4.24. The Morgan fingerprint density at radius 2 is 1.86 bits per heavy atom. The van der Waals surface area contributed by atoms with E-state index in [4.69, 9.17) is 14.2 Å². The minimum absolute atomic E-state index is 0.324. The lowest BCUT2D eigenvalue weighted by Crippen LogP contribution is -2.17. The molecule has 7 heteroatoms. The van der Waals surface area contributed by atoms with Gasteiger partial charge in [-0.3, -0.25) is 4.79 Å². The van der Waals surface area contributed by atoms with E-state index >= 15 is 0 Å². The highest BCUT2D eigenvalue weighted by atomic mass is 32.1. The van der Waals surface area contributed by atoms with Crippen LogP contribution in [0, 0.1) is 0 Å². The summed E-state index contributed by atoms with van der Waals surface area (Å²) in [4.78, 5) is 17.9. The molecular weight excluding hydrogens is 376 g/mol. The smallest absolute Gasteiger partial charge is 0.279 e. The van der Waals surface area contributed by atoms with E-state index in [1.54, 1.807) is 32.4 Å². The van der Waals surface area contributed by atoms with Gasteiger partial charge in [0.15, 0.2) is 16.3 Å². The van der Waals surface area contributed by atoms with Crippen molar-refractivity contribution in [2.45, 2.75) is 26.8 Å². The first-order valence-corrected chi connectivity index (χ1v) is 10.0. The summed E-state index contributed by atoms with van der Waals surface area (Å²) < 4.78 is 19.4. The number of rotatable bonds is 7. The molecule has 0 fully saturated rings. The van der Waals surface area contributed by atoms with Crippen LogP contribution in [0.1, 0.15) is 30.6 Å². The van der Waals surface area contributed by atoms with Gasteiger partial charge in [0.1, 0.15) is 11.3 Å². The van der Waals surface area contributed by atoms with Gasteiger partial charge in [0, 0.05) is 12.1 Å². The quantitative estimate of drug-likeness (QED) is 0.594. The van der Waals surface area contributed by atoms with Crippen molar-refractivity contribution in [3.63, 3.8) is 0 Å². The van der Waals surface area contributed by atoms with E-state index in [-0.39, 0.29) is 5.91 Å². The molecule has 0 spiro atoms.